The number of benzene rings is 1. The second kappa shape index (κ2) is 8.09. The van der Waals surface area contributed by atoms with Crippen molar-refractivity contribution in [1.29, 1.82) is 0 Å². The van der Waals surface area contributed by atoms with Gasteiger partial charge in [-0.1, -0.05) is 12.1 Å². The van der Waals surface area contributed by atoms with E-state index in [1.807, 2.05) is 20.9 Å². The molecule has 1 heterocycles. The number of amides is 1. The maximum Gasteiger partial charge on any atom is 0.292 e. The fraction of sp³-hybridized carbons (Fsp3) is 0.294. The third-order valence-electron chi connectivity index (χ3n) is 3.81. The van der Waals surface area contributed by atoms with E-state index in [2.05, 4.69) is 15.7 Å². The Kier molecular flexibility index (Phi) is 5.89. The molecule has 0 bridgehead atoms. The Morgan fingerprint density at radius 3 is 2.68 bits per heavy atom. The molecule has 8 heteroatoms. The molecule has 0 saturated carbocycles. The minimum atomic E-state index is -0.442. The van der Waals surface area contributed by atoms with Gasteiger partial charge in [-0.05, 0) is 26.0 Å². The molecule has 0 atom stereocenters. The van der Waals surface area contributed by atoms with Crippen LogP contribution < -0.4 is 10.6 Å². The Balaban J connectivity index is 1.83. The van der Waals surface area contributed by atoms with Crippen molar-refractivity contribution in [3.63, 3.8) is 0 Å². The van der Waals surface area contributed by atoms with Crippen molar-refractivity contribution in [2.75, 3.05) is 18.4 Å². The molecule has 0 unspecified atom stereocenters. The average molecular weight is 343 g/mol. The quantitative estimate of drug-likeness (QED) is 0.347. The number of para-hydroxylation sites is 2. The van der Waals surface area contributed by atoms with E-state index in [1.165, 1.54) is 12.1 Å². The summed E-state index contributed by atoms with van der Waals surface area (Å²) in [5.41, 5.74) is 3.22. The van der Waals surface area contributed by atoms with E-state index < -0.39 is 4.92 Å². The summed E-state index contributed by atoms with van der Waals surface area (Å²) in [6.07, 6.45) is 3.20. The SMILES string of the molecule is Cc1nn(C)c(C)c1/C=C/C(=O)NCCNc1ccccc1[N+](=O)[O-]. The highest BCUT2D eigenvalue weighted by Crippen LogP contribution is 2.22. The van der Waals surface area contributed by atoms with Crippen LogP contribution in [0.3, 0.4) is 0 Å². The van der Waals surface area contributed by atoms with Gasteiger partial charge in [-0.15, -0.1) is 0 Å². The van der Waals surface area contributed by atoms with Crippen molar-refractivity contribution in [3.8, 4) is 0 Å². The van der Waals surface area contributed by atoms with Gasteiger partial charge >= 0.3 is 0 Å². The van der Waals surface area contributed by atoms with E-state index in [0.29, 0.717) is 18.8 Å². The van der Waals surface area contributed by atoms with Crippen molar-refractivity contribution < 1.29 is 9.72 Å². The topological polar surface area (TPSA) is 102 Å². The zero-order valence-corrected chi connectivity index (χ0v) is 14.4. The third-order valence-corrected chi connectivity index (χ3v) is 3.81. The van der Waals surface area contributed by atoms with Crippen molar-refractivity contribution >= 4 is 23.4 Å². The molecule has 0 aliphatic heterocycles. The van der Waals surface area contributed by atoms with Gasteiger partial charge in [-0.2, -0.15) is 5.10 Å². The lowest BCUT2D eigenvalue weighted by atomic mass is 10.2. The van der Waals surface area contributed by atoms with Gasteiger partial charge in [0.2, 0.25) is 5.91 Å². The molecule has 25 heavy (non-hydrogen) atoms. The molecule has 1 aromatic heterocycles. The Bertz CT molecular complexity index is 811. The minimum Gasteiger partial charge on any atom is -0.378 e. The molecule has 132 valence electrons. The number of aromatic nitrogens is 2. The standard InChI is InChI=1S/C17H21N5O3/c1-12-14(13(2)21(3)20-12)8-9-17(23)19-11-10-18-15-6-4-5-7-16(15)22(24)25/h4-9,18H,10-11H2,1-3H3,(H,19,23)/b9-8+. The number of hydrogen-bond acceptors (Lipinski definition) is 5. The molecular weight excluding hydrogens is 322 g/mol. The predicted molar refractivity (Wildman–Crippen MR) is 96.3 cm³/mol. The van der Waals surface area contributed by atoms with Crippen LogP contribution in [0.5, 0.6) is 0 Å². The highest BCUT2D eigenvalue weighted by atomic mass is 16.6. The fourth-order valence-electron chi connectivity index (χ4n) is 2.41. The first-order chi connectivity index (χ1) is 11.9. The van der Waals surface area contributed by atoms with Crippen LogP contribution in [0.15, 0.2) is 30.3 Å². The summed E-state index contributed by atoms with van der Waals surface area (Å²) in [4.78, 5) is 22.3. The number of aryl methyl sites for hydroxylation is 2. The van der Waals surface area contributed by atoms with Crippen molar-refractivity contribution in [1.82, 2.24) is 15.1 Å². The molecule has 1 amide bonds. The van der Waals surface area contributed by atoms with Crippen LogP contribution >= 0.6 is 0 Å². The Morgan fingerprint density at radius 2 is 2.04 bits per heavy atom. The fourth-order valence-corrected chi connectivity index (χ4v) is 2.41. The number of nitrogens with one attached hydrogen (secondary N) is 2. The molecular formula is C17H21N5O3. The van der Waals surface area contributed by atoms with Gasteiger partial charge in [0.15, 0.2) is 0 Å². The second-order valence-corrected chi connectivity index (χ2v) is 5.53. The first-order valence-corrected chi connectivity index (χ1v) is 7.83. The number of nitrogens with zero attached hydrogens (tertiary/aromatic N) is 3. The number of anilines is 1. The van der Waals surface area contributed by atoms with Gasteiger partial charge in [0.1, 0.15) is 5.69 Å². The van der Waals surface area contributed by atoms with Gasteiger partial charge in [-0.25, -0.2) is 0 Å². The molecule has 0 aliphatic carbocycles. The van der Waals surface area contributed by atoms with Gasteiger partial charge in [0.25, 0.3) is 5.69 Å². The molecule has 0 aliphatic rings. The normalized spacial score (nSPS) is 10.8. The minimum absolute atomic E-state index is 0.0104. The lowest BCUT2D eigenvalue weighted by Crippen LogP contribution is -2.27. The molecule has 2 aromatic rings. The number of nitro groups is 1. The smallest absolute Gasteiger partial charge is 0.292 e. The van der Waals surface area contributed by atoms with Gasteiger partial charge < -0.3 is 10.6 Å². The van der Waals surface area contributed by atoms with E-state index in [9.17, 15) is 14.9 Å². The summed E-state index contributed by atoms with van der Waals surface area (Å²) in [5.74, 6) is -0.230. The van der Waals surface area contributed by atoms with E-state index in [-0.39, 0.29) is 11.6 Å². The van der Waals surface area contributed by atoms with Crippen LogP contribution in [-0.2, 0) is 11.8 Å². The zero-order chi connectivity index (χ0) is 18.4. The summed E-state index contributed by atoms with van der Waals surface area (Å²) < 4.78 is 1.77. The number of nitro benzene ring substituents is 1. The van der Waals surface area contributed by atoms with Gasteiger partial charge in [0, 0.05) is 43.5 Å². The maximum absolute atomic E-state index is 11.9. The summed E-state index contributed by atoms with van der Waals surface area (Å²) >= 11 is 0. The van der Waals surface area contributed by atoms with Crippen LogP contribution in [0.2, 0.25) is 0 Å². The number of carbonyl (C=O) groups is 1. The van der Waals surface area contributed by atoms with Crippen molar-refractivity contribution in [3.05, 3.63) is 57.4 Å². The average Bonchev–Trinajstić information content (AvgIpc) is 2.82. The zero-order valence-electron chi connectivity index (χ0n) is 14.4. The molecule has 0 fully saturated rings. The number of rotatable bonds is 7. The molecule has 2 N–H and O–H groups in total. The lowest BCUT2D eigenvalue weighted by Gasteiger charge is -2.07. The Labute approximate surface area is 145 Å². The predicted octanol–water partition coefficient (Wildman–Crippen LogP) is 2.19. The Morgan fingerprint density at radius 1 is 1.32 bits per heavy atom. The molecule has 0 spiro atoms. The first-order valence-electron chi connectivity index (χ1n) is 7.83. The molecule has 2 rings (SSSR count). The molecule has 0 radical (unpaired) electrons. The molecule has 8 nitrogen and oxygen atoms in total. The van der Waals surface area contributed by atoms with Crippen molar-refractivity contribution in [2.45, 2.75) is 13.8 Å². The number of hydrogen-bond donors (Lipinski definition) is 2. The highest BCUT2D eigenvalue weighted by Gasteiger charge is 2.11. The molecule has 1 aromatic carbocycles. The second-order valence-electron chi connectivity index (χ2n) is 5.53. The largest absolute Gasteiger partial charge is 0.378 e. The van der Waals surface area contributed by atoms with Gasteiger partial charge in [-0.3, -0.25) is 19.6 Å². The monoisotopic (exact) mass is 343 g/mol. The van der Waals surface area contributed by atoms with Gasteiger partial charge in [0.05, 0.1) is 10.6 Å². The number of carbonyl (C=O) groups excluding carboxylic acids is 1. The van der Waals surface area contributed by atoms with Crippen LogP contribution in [0.1, 0.15) is 17.0 Å². The molecule has 0 saturated heterocycles. The maximum atomic E-state index is 11.9. The lowest BCUT2D eigenvalue weighted by molar-refractivity contribution is -0.384. The summed E-state index contributed by atoms with van der Waals surface area (Å²) in [6, 6.07) is 6.39. The summed E-state index contributed by atoms with van der Waals surface area (Å²) in [5, 5.41) is 20.9. The third kappa shape index (κ3) is 4.66. The van der Waals surface area contributed by atoms with Crippen LogP contribution in [0, 0.1) is 24.0 Å². The Hall–Kier alpha value is -3.16. The van der Waals surface area contributed by atoms with Crippen LogP contribution in [0.25, 0.3) is 6.08 Å². The summed E-state index contributed by atoms with van der Waals surface area (Å²) in [7, 11) is 1.86. The summed E-state index contributed by atoms with van der Waals surface area (Å²) in [6.45, 7) is 4.56. The van der Waals surface area contributed by atoms with E-state index in [0.717, 1.165) is 17.0 Å². The van der Waals surface area contributed by atoms with E-state index >= 15 is 0 Å². The van der Waals surface area contributed by atoms with Crippen molar-refractivity contribution in [2.24, 2.45) is 7.05 Å². The first kappa shape index (κ1) is 18.2. The van der Waals surface area contributed by atoms with Crippen LogP contribution in [0.4, 0.5) is 11.4 Å². The van der Waals surface area contributed by atoms with E-state index in [1.54, 1.807) is 29.0 Å². The highest BCUT2D eigenvalue weighted by molar-refractivity contribution is 5.92. The van der Waals surface area contributed by atoms with Crippen LogP contribution in [-0.4, -0.2) is 33.7 Å². The van der Waals surface area contributed by atoms with E-state index in [4.69, 9.17) is 0 Å².